The third-order valence-corrected chi connectivity index (χ3v) is 6.69. The Kier molecular flexibility index (Phi) is 6.15. The number of carbonyl (C=O) groups is 1. The summed E-state index contributed by atoms with van der Waals surface area (Å²) in [5.41, 5.74) is 5.30. The van der Waals surface area contributed by atoms with Gasteiger partial charge in [0.1, 0.15) is 0 Å². The van der Waals surface area contributed by atoms with Gasteiger partial charge in [-0.3, -0.25) is 9.69 Å². The summed E-state index contributed by atoms with van der Waals surface area (Å²) < 4.78 is 5.42. The molecule has 0 radical (unpaired) electrons. The van der Waals surface area contributed by atoms with Crippen molar-refractivity contribution in [3.8, 4) is 11.4 Å². The summed E-state index contributed by atoms with van der Waals surface area (Å²) in [4.78, 5) is 31.3. The van der Waals surface area contributed by atoms with Crippen LogP contribution in [0.5, 0.6) is 0 Å². The normalized spacial score (nSPS) is 14.8. The Bertz CT molecular complexity index is 1260. The zero-order valence-electron chi connectivity index (χ0n) is 18.8. The highest BCUT2D eigenvalue weighted by atomic mass is 32.1. The van der Waals surface area contributed by atoms with E-state index in [-0.39, 0.29) is 5.91 Å². The maximum atomic E-state index is 13.1. The van der Waals surface area contributed by atoms with Gasteiger partial charge in [0, 0.05) is 42.7 Å². The van der Waals surface area contributed by atoms with E-state index < -0.39 is 0 Å². The van der Waals surface area contributed by atoms with E-state index in [2.05, 4.69) is 28.9 Å². The number of rotatable bonds is 6. The second-order valence-electron chi connectivity index (χ2n) is 8.12. The highest BCUT2D eigenvalue weighted by Crippen LogP contribution is 2.20. The van der Waals surface area contributed by atoms with Crippen molar-refractivity contribution in [3.63, 3.8) is 0 Å². The minimum atomic E-state index is 0.0356. The first-order valence-corrected chi connectivity index (χ1v) is 12.2. The lowest BCUT2D eigenvalue weighted by Gasteiger charge is -2.34. The van der Waals surface area contributed by atoms with E-state index in [9.17, 15) is 4.79 Å². The molecule has 9 heteroatoms. The summed E-state index contributed by atoms with van der Waals surface area (Å²) >= 11 is 1.61. The Balaban J connectivity index is 1.22. The van der Waals surface area contributed by atoms with Gasteiger partial charge in [-0.05, 0) is 42.5 Å². The molecule has 1 amide bonds. The molecule has 0 N–H and O–H groups in total. The molecule has 1 aliphatic heterocycles. The minimum absolute atomic E-state index is 0.0356. The number of nitrogens with zero attached hydrogens (tertiary/aromatic N) is 6. The monoisotopic (exact) mass is 462 g/mol. The first-order valence-electron chi connectivity index (χ1n) is 11.3. The standard InChI is InChI=1S/C24H26N6O2S/c1-3-18-19(4-2)26-21-13-16(5-6-20(21)25-18)24(31)30-10-8-29(9-11-30)14-22-27-23(28-32-22)17-7-12-33-15-17/h5-7,12-13,15H,3-4,8-11,14H2,1-2H3. The van der Waals surface area contributed by atoms with Gasteiger partial charge in [0.15, 0.2) is 0 Å². The van der Waals surface area contributed by atoms with Crippen molar-refractivity contribution in [2.45, 2.75) is 33.2 Å². The molecule has 0 atom stereocenters. The largest absolute Gasteiger partial charge is 0.338 e. The number of piperazine rings is 1. The van der Waals surface area contributed by atoms with Crippen LogP contribution >= 0.6 is 11.3 Å². The van der Waals surface area contributed by atoms with Gasteiger partial charge in [0.05, 0.1) is 29.0 Å². The fourth-order valence-corrected chi connectivity index (χ4v) is 4.77. The summed E-state index contributed by atoms with van der Waals surface area (Å²) in [7, 11) is 0. The number of hydrogen-bond donors (Lipinski definition) is 0. The van der Waals surface area contributed by atoms with Crippen LogP contribution in [0.2, 0.25) is 0 Å². The fourth-order valence-electron chi connectivity index (χ4n) is 4.14. The molecule has 1 aliphatic rings. The number of carbonyl (C=O) groups excluding carboxylic acids is 1. The van der Waals surface area contributed by atoms with Gasteiger partial charge in [0.2, 0.25) is 11.7 Å². The van der Waals surface area contributed by atoms with Crippen molar-refractivity contribution >= 4 is 28.3 Å². The Morgan fingerprint density at radius 1 is 1.00 bits per heavy atom. The number of aromatic nitrogens is 4. The van der Waals surface area contributed by atoms with Crippen LogP contribution in [0.4, 0.5) is 0 Å². The Morgan fingerprint density at radius 3 is 2.45 bits per heavy atom. The average molecular weight is 463 g/mol. The lowest BCUT2D eigenvalue weighted by atomic mass is 10.1. The molecule has 0 bridgehead atoms. The topological polar surface area (TPSA) is 88.3 Å². The molecule has 0 spiro atoms. The molecule has 0 aliphatic carbocycles. The van der Waals surface area contributed by atoms with Crippen molar-refractivity contribution in [2.24, 2.45) is 0 Å². The second kappa shape index (κ2) is 9.36. The van der Waals surface area contributed by atoms with Crippen LogP contribution in [0, 0.1) is 0 Å². The zero-order valence-corrected chi connectivity index (χ0v) is 19.6. The smallest absolute Gasteiger partial charge is 0.254 e. The maximum absolute atomic E-state index is 13.1. The van der Waals surface area contributed by atoms with Crippen LogP contribution in [-0.2, 0) is 19.4 Å². The molecule has 4 heterocycles. The summed E-state index contributed by atoms with van der Waals surface area (Å²) in [6.45, 7) is 7.59. The van der Waals surface area contributed by atoms with E-state index in [1.165, 1.54) is 0 Å². The molecule has 33 heavy (non-hydrogen) atoms. The quantitative estimate of drug-likeness (QED) is 0.430. The number of fused-ring (bicyclic) bond motifs is 1. The predicted octanol–water partition coefficient (Wildman–Crippen LogP) is 3.82. The van der Waals surface area contributed by atoms with Crippen LogP contribution in [0.3, 0.4) is 0 Å². The molecule has 170 valence electrons. The van der Waals surface area contributed by atoms with Crippen LogP contribution in [0.25, 0.3) is 22.4 Å². The second-order valence-corrected chi connectivity index (χ2v) is 8.90. The van der Waals surface area contributed by atoms with Gasteiger partial charge >= 0.3 is 0 Å². The molecular formula is C24H26N6O2S. The maximum Gasteiger partial charge on any atom is 0.254 e. The minimum Gasteiger partial charge on any atom is -0.338 e. The van der Waals surface area contributed by atoms with E-state index in [1.54, 1.807) is 11.3 Å². The molecule has 1 aromatic carbocycles. The van der Waals surface area contributed by atoms with Crippen LogP contribution in [0.15, 0.2) is 39.5 Å². The van der Waals surface area contributed by atoms with Crippen LogP contribution in [0.1, 0.15) is 41.5 Å². The molecule has 0 unspecified atom stereocenters. The third kappa shape index (κ3) is 4.51. The van der Waals surface area contributed by atoms with Crippen LogP contribution in [-0.4, -0.2) is 62.0 Å². The molecule has 4 aromatic rings. The molecule has 3 aromatic heterocycles. The molecular weight excluding hydrogens is 436 g/mol. The first-order chi connectivity index (χ1) is 16.1. The third-order valence-electron chi connectivity index (χ3n) is 6.00. The van der Waals surface area contributed by atoms with E-state index in [4.69, 9.17) is 14.5 Å². The van der Waals surface area contributed by atoms with Crippen molar-refractivity contribution in [3.05, 3.63) is 57.9 Å². The summed E-state index contributed by atoms with van der Waals surface area (Å²) in [6.07, 6.45) is 1.69. The highest BCUT2D eigenvalue weighted by Gasteiger charge is 2.24. The fraction of sp³-hybridized carbons (Fsp3) is 0.375. The molecule has 5 rings (SSSR count). The number of aryl methyl sites for hydroxylation is 2. The summed E-state index contributed by atoms with van der Waals surface area (Å²) in [6, 6.07) is 7.63. The number of amides is 1. The summed E-state index contributed by atoms with van der Waals surface area (Å²) in [5.74, 6) is 1.26. The van der Waals surface area contributed by atoms with E-state index in [0.717, 1.165) is 53.9 Å². The average Bonchev–Trinajstić information content (AvgIpc) is 3.55. The lowest BCUT2D eigenvalue weighted by Crippen LogP contribution is -2.48. The zero-order chi connectivity index (χ0) is 22.8. The number of thiophene rings is 1. The SMILES string of the molecule is CCc1nc2ccc(C(=O)N3CCN(Cc4nc(-c5ccsc5)no4)CC3)cc2nc1CC. The highest BCUT2D eigenvalue weighted by molar-refractivity contribution is 7.08. The Labute approximate surface area is 196 Å². The Hall–Kier alpha value is -3.17. The van der Waals surface area contributed by atoms with Crippen LogP contribution < -0.4 is 0 Å². The van der Waals surface area contributed by atoms with E-state index in [0.29, 0.717) is 36.9 Å². The van der Waals surface area contributed by atoms with E-state index >= 15 is 0 Å². The van der Waals surface area contributed by atoms with Gasteiger partial charge in [-0.1, -0.05) is 19.0 Å². The number of benzene rings is 1. The lowest BCUT2D eigenvalue weighted by molar-refractivity contribution is 0.0615. The molecule has 8 nitrogen and oxygen atoms in total. The molecule has 1 saturated heterocycles. The van der Waals surface area contributed by atoms with Gasteiger partial charge in [0.25, 0.3) is 5.91 Å². The summed E-state index contributed by atoms with van der Waals surface area (Å²) in [5, 5.41) is 8.07. The van der Waals surface area contributed by atoms with Crippen molar-refractivity contribution in [1.29, 1.82) is 0 Å². The Morgan fingerprint density at radius 2 is 1.76 bits per heavy atom. The van der Waals surface area contributed by atoms with Crippen molar-refractivity contribution < 1.29 is 9.32 Å². The van der Waals surface area contributed by atoms with Gasteiger partial charge in [-0.25, -0.2) is 9.97 Å². The van der Waals surface area contributed by atoms with Crippen molar-refractivity contribution in [2.75, 3.05) is 26.2 Å². The molecule has 1 fully saturated rings. The van der Waals surface area contributed by atoms with Gasteiger partial charge < -0.3 is 9.42 Å². The van der Waals surface area contributed by atoms with Gasteiger partial charge in [-0.15, -0.1) is 0 Å². The first kappa shape index (κ1) is 21.7. The number of hydrogen-bond acceptors (Lipinski definition) is 8. The van der Waals surface area contributed by atoms with Crippen molar-refractivity contribution in [1.82, 2.24) is 29.9 Å². The molecule has 0 saturated carbocycles. The van der Waals surface area contributed by atoms with E-state index in [1.807, 2.05) is 39.9 Å². The predicted molar refractivity (Wildman–Crippen MR) is 127 cm³/mol. The van der Waals surface area contributed by atoms with Gasteiger partial charge in [-0.2, -0.15) is 16.3 Å².